The lowest BCUT2D eigenvalue weighted by Crippen LogP contribution is -2.54. The molecule has 32 heavy (non-hydrogen) atoms. The average molecular weight is 467 g/mol. The first-order valence-electron chi connectivity index (χ1n) is 12.6. The van der Waals surface area contributed by atoms with Gasteiger partial charge in [-0.2, -0.15) is 0 Å². The van der Waals surface area contributed by atoms with E-state index in [1.54, 1.807) is 0 Å². The van der Waals surface area contributed by atoms with Crippen LogP contribution in [0.15, 0.2) is 12.2 Å². The lowest BCUT2D eigenvalue weighted by Gasteiger charge is -2.45. The van der Waals surface area contributed by atoms with Gasteiger partial charge in [0.1, 0.15) is 11.2 Å². The molecular formula is C26H46O5Si. The lowest BCUT2D eigenvalue weighted by atomic mass is 9.75. The van der Waals surface area contributed by atoms with E-state index in [1.807, 2.05) is 6.92 Å². The van der Waals surface area contributed by atoms with Crippen molar-refractivity contribution in [2.75, 3.05) is 6.61 Å². The van der Waals surface area contributed by atoms with E-state index in [1.165, 1.54) is 6.92 Å². The summed E-state index contributed by atoms with van der Waals surface area (Å²) >= 11 is 0. The Morgan fingerprint density at radius 3 is 2.22 bits per heavy atom. The Kier molecular flexibility index (Phi) is 7.42. The first-order valence-corrected chi connectivity index (χ1v) is 14.8. The summed E-state index contributed by atoms with van der Waals surface area (Å²) in [5.41, 5.74) is 1.80. The molecule has 0 aromatic heterocycles. The summed E-state index contributed by atoms with van der Waals surface area (Å²) in [6.07, 6.45) is 3.11. The molecule has 6 heteroatoms. The monoisotopic (exact) mass is 466 g/mol. The van der Waals surface area contributed by atoms with Crippen molar-refractivity contribution in [3.05, 3.63) is 12.2 Å². The molecule has 0 amide bonds. The highest BCUT2D eigenvalue weighted by molar-refractivity contribution is 6.77. The van der Waals surface area contributed by atoms with Crippen molar-refractivity contribution >= 4 is 14.3 Å². The van der Waals surface area contributed by atoms with Crippen molar-refractivity contribution in [2.24, 2.45) is 5.92 Å². The van der Waals surface area contributed by atoms with Gasteiger partial charge in [0.25, 0.3) is 0 Å². The van der Waals surface area contributed by atoms with E-state index in [2.05, 4.69) is 55.0 Å². The van der Waals surface area contributed by atoms with Crippen LogP contribution in [0.4, 0.5) is 0 Å². The van der Waals surface area contributed by atoms with E-state index in [-0.39, 0.29) is 35.8 Å². The van der Waals surface area contributed by atoms with Gasteiger partial charge in [0.2, 0.25) is 0 Å². The maximum atomic E-state index is 11.9. The summed E-state index contributed by atoms with van der Waals surface area (Å²) in [5, 5.41) is 0. The van der Waals surface area contributed by atoms with Crippen LogP contribution in [0.2, 0.25) is 16.6 Å². The molecule has 3 aliphatic heterocycles. The molecule has 3 aliphatic rings. The van der Waals surface area contributed by atoms with Gasteiger partial charge >= 0.3 is 5.97 Å². The van der Waals surface area contributed by atoms with Gasteiger partial charge in [-0.15, -0.1) is 0 Å². The molecule has 6 atom stereocenters. The van der Waals surface area contributed by atoms with Crippen molar-refractivity contribution in [1.82, 2.24) is 0 Å². The quantitative estimate of drug-likeness (QED) is 0.185. The number of esters is 1. The molecular weight excluding hydrogens is 420 g/mol. The fourth-order valence-electron chi connectivity index (χ4n) is 6.88. The predicted octanol–water partition coefficient (Wildman–Crippen LogP) is 6.17. The minimum absolute atomic E-state index is 0.0541. The van der Waals surface area contributed by atoms with Crippen LogP contribution in [-0.2, 0) is 23.4 Å². The van der Waals surface area contributed by atoms with Gasteiger partial charge in [-0.3, -0.25) is 4.79 Å². The van der Waals surface area contributed by atoms with Gasteiger partial charge in [-0.25, -0.2) is 0 Å². The second kappa shape index (κ2) is 9.16. The second-order valence-electron chi connectivity index (χ2n) is 11.7. The summed E-state index contributed by atoms with van der Waals surface area (Å²) < 4.78 is 25.8. The molecule has 3 fully saturated rings. The molecule has 0 N–H and O–H groups in total. The normalized spacial score (nSPS) is 36.0. The Morgan fingerprint density at radius 2 is 1.69 bits per heavy atom. The Labute approximate surface area is 196 Å². The Bertz CT molecular complexity index is 697. The molecule has 5 nitrogen and oxygen atoms in total. The maximum Gasteiger partial charge on any atom is 0.303 e. The van der Waals surface area contributed by atoms with E-state index in [0.717, 1.165) is 24.8 Å². The van der Waals surface area contributed by atoms with E-state index in [0.29, 0.717) is 29.7 Å². The molecule has 3 saturated heterocycles. The largest absolute Gasteiger partial charge is 0.457 e. The van der Waals surface area contributed by atoms with Crippen LogP contribution >= 0.6 is 0 Å². The Hall–Kier alpha value is -0.693. The highest BCUT2D eigenvalue weighted by atomic mass is 28.4. The van der Waals surface area contributed by atoms with Gasteiger partial charge < -0.3 is 18.6 Å². The minimum Gasteiger partial charge on any atom is -0.457 e. The van der Waals surface area contributed by atoms with Crippen molar-refractivity contribution in [3.63, 3.8) is 0 Å². The number of hydrogen-bond acceptors (Lipinski definition) is 5. The fourth-order valence-corrected chi connectivity index (χ4v) is 12.4. The van der Waals surface area contributed by atoms with Gasteiger partial charge in [0.15, 0.2) is 8.32 Å². The van der Waals surface area contributed by atoms with Gasteiger partial charge in [-0.1, -0.05) is 55.0 Å². The summed E-state index contributed by atoms with van der Waals surface area (Å²) in [6, 6.07) is 0. The zero-order valence-electron chi connectivity index (χ0n) is 21.8. The lowest BCUT2D eigenvalue weighted by molar-refractivity contribution is -0.188. The van der Waals surface area contributed by atoms with Crippen LogP contribution in [0.5, 0.6) is 0 Å². The van der Waals surface area contributed by atoms with Crippen molar-refractivity contribution in [1.29, 1.82) is 0 Å². The third kappa shape index (κ3) is 4.49. The van der Waals surface area contributed by atoms with Gasteiger partial charge in [-0.05, 0) is 42.0 Å². The van der Waals surface area contributed by atoms with E-state index in [9.17, 15) is 4.79 Å². The molecule has 2 bridgehead atoms. The SMILES string of the molecule is C=C1CC[C@H]2O[C@@H]1C[C@@]1([C@H](C)CO[Si](C(C)C)(C(C)C)C(C)C)O[C@H]1C[C@@]2(C)OC(C)=O. The number of fused-ring (bicyclic) bond motifs is 3. The van der Waals surface area contributed by atoms with Crippen LogP contribution in [0, 0.1) is 5.92 Å². The molecule has 0 spiro atoms. The summed E-state index contributed by atoms with van der Waals surface area (Å²) in [5.74, 6) is -0.0334. The molecule has 0 saturated carbocycles. The molecule has 0 aromatic rings. The topological polar surface area (TPSA) is 57.3 Å². The third-order valence-corrected chi connectivity index (χ3v) is 14.7. The molecule has 0 unspecified atom stereocenters. The van der Waals surface area contributed by atoms with E-state index < -0.39 is 13.9 Å². The third-order valence-electron chi connectivity index (χ3n) is 8.64. The number of rotatable bonds is 8. The average Bonchev–Trinajstić information content (AvgIpc) is 3.33. The first-order chi connectivity index (χ1) is 14.8. The van der Waals surface area contributed by atoms with Crippen LogP contribution in [0.1, 0.15) is 88.0 Å². The van der Waals surface area contributed by atoms with E-state index >= 15 is 0 Å². The smallest absolute Gasteiger partial charge is 0.303 e. The van der Waals surface area contributed by atoms with Crippen molar-refractivity contribution < 1.29 is 23.4 Å². The van der Waals surface area contributed by atoms with Crippen molar-refractivity contribution in [3.8, 4) is 0 Å². The maximum absolute atomic E-state index is 11.9. The number of carbonyl (C=O) groups is 1. The Balaban J connectivity index is 1.83. The predicted molar refractivity (Wildman–Crippen MR) is 130 cm³/mol. The van der Waals surface area contributed by atoms with Crippen LogP contribution in [-0.4, -0.2) is 50.4 Å². The summed E-state index contributed by atoms with van der Waals surface area (Å²) in [6.45, 7) is 24.7. The van der Waals surface area contributed by atoms with Gasteiger partial charge in [0, 0.05) is 32.3 Å². The fraction of sp³-hybridized carbons (Fsp3) is 0.885. The number of epoxide rings is 1. The molecule has 0 radical (unpaired) electrons. The molecule has 0 aliphatic carbocycles. The number of ether oxygens (including phenoxy) is 3. The van der Waals surface area contributed by atoms with Crippen molar-refractivity contribution in [2.45, 2.75) is 134 Å². The standard InChI is InChI=1S/C26H46O5Si/c1-16(2)32(17(3)4,18(5)6)28-15-20(8)26-13-22-19(7)11-12-23(29-22)25(10,30-21(9)27)14-24(26)31-26/h16-18,20,22-24H,7,11-15H2,1-6,8-10H3/t20-,22-,23-,24+,25-,26+/m1/s1. The highest BCUT2D eigenvalue weighted by Crippen LogP contribution is 2.56. The van der Waals surface area contributed by atoms with Crippen LogP contribution in [0.3, 0.4) is 0 Å². The van der Waals surface area contributed by atoms with Gasteiger partial charge in [0.05, 0.1) is 18.3 Å². The molecule has 3 heterocycles. The van der Waals surface area contributed by atoms with Crippen LogP contribution in [0.25, 0.3) is 0 Å². The van der Waals surface area contributed by atoms with Crippen LogP contribution < -0.4 is 0 Å². The summed E-state index contributed by atoms with van der Waals surface area (Å²) in [7, 11) is -1.95. The zero-order valence-corrected chi connectivity index (χ0v) is 22.8. The minimum atomic E-state index is -1.95. The van der Waals surface area contributed by atoms with E-state index in [4.69, 9.17) is 18.6 Å². The molecule has 0 aromatic carbocycles. The number of carbonyl (C=O) groups excluding carboxylic acids is 1. The summed E-state index contributed by atoms with van der Waals surface area (Å²) in [4.78, 5) is 11.9. The second-order valence-corrected chi connectivity index (χ2v) is 17.2. The Morgan fingerprint density at radius 1 is 1.09 bits per heavy atom. The zero-order chi connectivity index (χ0) is 24.1. The first kappa shape index (κ1) is 25.9. The molecule has 184 valence electrons. The molecule has 3 rings (SSSR count). The highest BCUT2D eigenvalue weighted by Gasteiger charge is 2.65. The number of hydrogen-bond donors (Lipinski definition) is 0.